The lowest BCUT2D eigenvalue weighted by molar-refractivity contribution is -0.120. The summed E-state index contributed by atoms with van der Waals surface area (Å²) < 4.78 is 5.98. The predicted molar refractivity (Wildman–Crippen MR) is 80.6 cm³/mol. The molecule has 0 saturated heterocycles. The molecule has 0 saturated carbocycles. The maximum absolute atomic E-state index is 11.8. The van der Waals surface area contributed by atoms with Crippen LogP contribution in [0, 0.1) is 0 Å². The Bertz CT molecular complexity index is 452. The van der Waals surface area contributed by atoms with Crippen molar-refractivity contribution in [2.45, 2.75) is 13.3 Å². The molecule has 1 aromatic carbocycles. The summed E-state index contributed by atoms with van der Waals surface area (Å²) >= 11 is 3.29. The van der Waals surface area contributed by atoms with Gasteiger partial charge in [0.1, 0.15) is 0 Å². The Morgan fingerprint density at radius 2 is 2.10 bits per heavy atom. The van der Waals surface area contributed by atoms with Gasteiger partial charge in [-0.05, 0) is 31.5 Å². The molecule has 0 aliphatic carbocycles. The zero-order valence-electron chi connectivity index (χ0n) is 11.4. The van der Waals surface area contributed by atoms with E-state index in [9.17, 15) is 9.59 Å². The lowest BCUT2D eigenvalue weighted by Crippen LogP contribution is -2.37. The summed E-state index contributed by atoms with van der Waals surface area (Å²) in [6, 6.07) is 7.00. The van der Waals surface area contributed by atoms with Gasteiger partial charge in [0, 0.05) is 29.8 Å². The number of nitrogens with one attached hydrogen (secondary N) is 2. The maximum Gasteiger partial charge on any atom is 0.251 e. The van der Waals surface area contributed by atoms with E-state index in [-0.39, 0.29) is 18.4 Å². The minimum atomic E-state index is -0.268. The van der Waals surface area contributed by atoms with Gasteiger partial charge in [-0.15, -0.1) is 0 Å². The topological polar surface area (TPSA) is 67.4 Å². The predicted octanol–water partition coefficient (Wildman–Crippen LogP) is 1.72. The summed E-state index contributed by atoms with van der Waals surface area (Å²) in [5.41, 5.74) is 0.517. The quantitative estimate of drug-likeness (QED) is 0.707. The van der Waals surface area contributed by atoms with E-state index < -0.39 is 0 Å². The summed E-state index contributed by atoms with van der Waals surface area (Å²) in [5.74, 6) is -0.472. The molecule has 0 fully saturated rings. The normalized spacial score (nSPS) is 10.1. The third-order valence-electron chi connectivity index (χ3n) is 2.49. The van der Waals surface area contributed by atoms with Crippen molar-refractivity contribution in [2.24, 2.45) is 0 Å². The third-order valence-corrected chi connectivity index (χ3v) is 2.98. The fourth-order valence-electron chi connectivity index (χ4n) is 1.50. The second kappa shape index (κ2) is 9.50. The Kier molecular flexibility index (Phi) is 7.91. The molecular weight excluding hydrogens is 324 g/mol. The standard InChI is InChI=1S/C14H19BrN2O3/c1-2-20-8-4-7-16-13(18)10-17-14(19)11-5-3-6-12(15)9-11/h3,5-6,9H,2,4,7-8,10H2,1H3,(H,16,18)(H,17,19). The van der Waals surface area contributed by atoms with E-state index in [4.69, 9.17) is 4.74 Å². The molecule has 0 radical (unpaired) electrons. The third kappa shape index (κ3) is 6.68. The highest BCUT2D eigenvalue weighted by atomic mass is 79.9. The zero-order valence-corrected chi connectivity index (χ0v) is 13.0. The van der Waals surface area contributed by atoms with E-state index in [0.29, 0.717) is 25.3 Å². The molecule has 0 bridgehead atoms. The number of hydrogen-bond acceptors (Lipinski definition) is 3. The van der Waals surface area contributed by atoms with Crippen LogP contribution in [0.1, 0.15) is 23.7 Å². The fourth-order valence-corrected chi connectivity index (χ4v) is 1.90. The van der Waals surface area contributed by atoms with Gasteiger partial charge in [-0.3, -0.25) is 9.59 Å². The van der Waals surface area contributed by atoms with Crippen LogP contribution in [0.2, 0.25) is 0 Å². The number of carbonyl (C=O) groups is 2. The highest BCUT2D eigenvalue weighted by molar-refractivity contribution is 9.10. The zero-order chi connectivity index (χ0) is 14.8. The first-order valence-electron chi connectivity index (χ1n) is 6.51. The van der Waals surface area contributed by atoms with Crippen molar-refractivity contribution < 1.29 is 14.3 Å². The minimum absolute atomic E-state index is 0.0278. The lowest BCUT2D eigenvalue weighted by atomic mass is 10.2. The molecule has 0 aliphatic rings. The Morgan fingerprint density at radius 3 is 2.80 bits per heavy atom. The number of rotatable bonds is 8. The van der Waals surface area contributed by atoms with Crippen LogP contribution in [0.4, 0.5) is 0 Å². The second-order valence-electron chi connectivity index (χ2n) is 4.09. The summed E-state index contributed by atoms with van der Waals surface area (Å²) in [5, 5.41) is 5.29. The first kappa shape index (κ1) is 16.7. The number of hydrogen-bond donors (Lipinski definition) is 2. The SMILES string of the molecule is CCOCCCNC(=O)CNC(=O)c1cccc(Br)c1. The number of ether oxygens (including phenoxy) is 1. The summed E-state index contributed by atoms with van der Waals surface area (Å²) in [6.45, 7) is 3.75. The molecule has 0 aliphatic heterocycles. The van der Waals surface area contributed by atoms with Crippen molar-refractivity contribution in [2.75, 3.05) is 26.3 Å². The van der Waals surface area contributed by atoms with E-state index >= 15 is 0 Å². The fraction of sp³-hybridized carbons (Fsp3) is 0.429. The molecule has 0 aromatic heterocycles. The maximum atomic E-state index is 11.8. The van der Waals surface area contributed by atoms with Crippen LogP contribution in [-0.2, 0) is 9.53 Å². The van der Waals surface area contributed by atoms with Crippen LogP contribution < -0.4 is 10.6 Å². The van der Waals surface area contributed by atoms with Gasteiger partial charge in [0.15, 0.2) is 0 Å². The smallest absolute Gasteiger partial charge is 0.251 e. The van der Waals surface area contributed by atoms with Crippen molar-refractivity contribution in [1.82, 2.24) is 10.6 Å². The van der Waals surface area contributed by atoms with Crippen LogP contribution in [0.5, 0.6) is 0 Å². The summed E-state index contributed by atoms with van der Waals surface area (Å²) in [4.78, 5) is 23.3. The van der Waals surface area contributed by atoms with Crippen molar-refractivity contribution in [3.63, 3.8) is 0 Å². The van der Waals surface area contributed by atoms with E-state index in [2.05, 4.69) is 26.6 Å². The molecule has 1 aromatic rings. The van der Waals surface area contributed by atoms with Gasteiger partial charge in [0.2, 0.25) is 5.91 Å². The van der Waals surface area contributed by atoms with E-state index in [0.717, 1.165) is 10.9 Å². The average Bonchev–Trinajstić information content (AvgIpc) is 2.44. The van der Waals surface area contributed by atoms with E-state index in [1.807, 2.05) is 13.0 Å². The molecule has 0 spiro atoms. The van der Waals surface area contributed by atoms with Gasteiger partial charge in [0.05, 0.1) is 6.54 Å². The number of benzene rings is 1. The van der Waals surface area contributed by atoms with Crippen molar-refractivity contribution in [1.29, 1.82) is 0 Å². The first-order valence-corrected chi connectivity index (χ1v) is 7.31. The Morgan fingerprint density at radius 1 is 1.30 bits per heavy atom. The molecule has 5 nitrogen and oxygen atoms in total. The Labute approximate surface area is 127 Å². The minimum Gasteiger partial charge on any atom is -0.382 e. The highest BCUT2D eigenvalue weighted by Gasteiger charge is 2.07. The lowest BCUT2D eigenvalue weighted by Gasteiger charge is -2.07. The second-order valence-corrected chi connectivity index (χ2v) is 5.01. The van der Waals surface area contributed by atoms with Crippen LogP contribution >= 0.6 is 15.9 Å². The van der Waals surface area contributed by atoms with E-state index in [1.54, 1.807) is 18.2 Å². The molecule has 110 valence electrons. The van der Waals surface area contributed by atoms with Gasteiger partial charge < -0.3 is 15.4 Å². The van der Waals surface area contributed by atoms with Gasteiger partial charge in [-0.25, -0.2) is 0 Å². The van der Waals surface area contributed by atoms with Gasteiger partial charge in [-0.1, -0.05) is 22.0 Å². The molecular formula is C14H19BrN2O3. The molecule has 0 unspecified atom stereocenters. The monoisotopic (exact) mass is 342 g/mol. The summed E-state index contributed by atoms with van der Waals surface area (Å²) in [7, 11) is 0. The van der Waals surface area contributed by atoms with Crippen LogP contribution in [0.3, 0.4) is 0 Å². The molecule has 2 N–H and O–H groups in total. The van der Waals surface area contributed by atoms with Gasteiger partial charge in [0.25, 0.3) is 5.91 Å². The molecule has 20 heavy (non-hydrogen) atoms. The van der Waals surface area contributed by atoms with Gasteiger partial charge in [-0.2, -0.15) is 0 Å². The molecule has 2 amide bonds. The number of amides is 2. The molecule has 6 heteroatoms. The first-order chi connectivity index (χ1) is 9.63. The molecule has 0 atom stereocenters. The average molecular weight is 343 g/mol. The number of carbonyl (C=O) groups excluding carboxylic acids is 2. The van der Waals surface area contributed by atoms with Crippen molar-refractivity contribution >= 4 is 27.7 Å². The Hall–Kier alpha value is -1.40. The van der Waals surface area contributed by atoms with Crippen LogP contribution in [0.15, 0.2) is 28.7 Å². The van der Waals surface area contributed by atoms with Gasteiger partial charge >= 0.3 is 0 Å². The summed E-state index contributed by atoms with van der Waals surface area (Å²) in [6.07, 6.45) is 0.763. The Balaban J connectivity index is 2.22. The van der Waals surface area contributed by atoms with E-state index in [1.165, 1.54) is 0 Å². The molecule has 1 rings (SSSR count). The highest BCUT2D eigenvalue weighted by Crippen LogP contribution is 2.11. The molecule has 0 heterocycles. The van der Waals surface area contributed by atoms with Crippen LogP contribution in [-0.4, -0.2) is 38.1 Å². The van der Waals surface area contributed by atoms with Crippen molar-refractivity contribution in [3.8, 4) is 0 Å². The van der Waals surface area contributed by atoms with Crippen LogP contribution in [0.25, 0.3) is 0 Å². The number of halogens is 1. The van der Waals surface area contributed by atoms with Crippen molar-refractivity contribution in [3.05, 3.63) is 34.3 Å². The largest absolute Gasteiger partial charge is 0.382 e.